The summed E-state index contributed by atoms with van der Waals surface area (Å²) in [6, 6.07) is 25.9. The lowest BCUT2D eigenvalue weighted by Gasteiger charge is -2.08. The van der Waals surface area contributed by atoms with Crippen LogP contribution in [0.1, 0.15) is 31.4 Å². The van der Waals surface area contributed by atoms with Crippen LogP contribution in [0.2, 0.25) is 0 Å². The van der Waals surface area contributed by atoms with E-state index >= 15 is 0 Å². The molecule has 43 heavy (non-hydrogen) atoms. The van der Waals surface area contributed by atoms with Crippen LogP contribution >= 0.6 is 0 Å². The maximum atomic E-state index is 11.4. The monoisotopic (exact) mass is 576 g/mol. The summed E-state index contributed by atoms with van der Waals surface area (Å²) in [6.45, 7) is 7.52. The van der Waals surface area contributed by atoms with Gasteiger partial charge in [-0.1, -0.05) is 56.3 Å². The molecule has 0 saturated carbocycles. The van der Waals surface area contributed by atoms with E-state index in [1.54, 1.807) is 31.2 Å². The maximum Gasteiger partial charge on any atom is 0.333 e. The standard InChI is InChI=1S/C18H17N3O3.C15H15N3O/c1-12(2)18(23)24-10-9-13-7-8-17(22)16(11-13)21-19-14-5-3-4-6-15(14)20-21;1-2-5-11-8-9-15(19)14(10-11)18-16-12-6-3-4-7-13(12)17-18/h3-8,11,22H,1,9-10H2,2H3;3-4,6-10,19H,2,5H2,1H3. The molecule has 0 unspecified atom stereocenters. The number of aryl methyl sites for hydroxylation is 1. The van der Waals surface area contributed by atoms with E-state index in [2.05, 4.69) is 33.9 Å². The van der Waals surface area contributed by atoms with Gasteiger partial charge in [0.05, 0.1) is 6.61 Å². The van der Waals surface area contributed by atoms with Crippen molar-refractivity contribution in [2.24, 2.45) is 0 Å². The van der Waals surface area contributed by atoms with E-state index in [1.807, 2.05) is 60.7 Å². The number of phenolic OH excluding ortho intramolecular Hbond substituents is 2. The topological polar surface area (TPSA) is 128 Å². The van der Waals surface area contributed by atoms with Crippen molar-refractivity contribution in [1.82, 2.24) is 30.0 Å². The quantitative estimate of drug-likeness (QED) is 0.170. The molecule has 0 bridgehead atoms. The number of carbonyl (C=O) groups is 1. The number of aromatic nitrogens is 6. The number of hydrogen-bond acceptors (Lipinski definition) is 8. The summed E-state index contributed by atoms with van der Waals surface area (Å²) >= 11 is 0. The first-order chi connectivity index (χ1) is 20.8. The van der Waals surface area contributed by atoms with E-state index < -0.39 is 5.97 Å². The fourth-order valence-electron chi connectivity index (χ4n) is 4.38. The first-order valence-electron chi connectivity index (χ1n) is 13.9. The molecule has 0 atom stereocenters. The number of ether oxygens (including phenoxy) is 1. The van der Waals surface area contributed by atoms with Crippen LogP contribution < -0.4 is 0 Å². The van der Waals surface area contributed by atoms with Crippen LogP contribution in [0.3, 0.4) is 0 Å². The first-order valence-corrected chi connectivity index (χ1v) is 13.9. The second-order valence-electron chi connectivity index (χ2n) is 10.0. The van der Waals surface area contributed by atoms with Gasteiger partial charge in [0.15, 0.2) is 0 Å². The molecule has 2 aromatic heterocycles. The lowest BCUT2D eigenvalue weighted by Crippen LogP contribution is -2.08. The Hall–Kier alpha value is -5.51. The minimum atomic E-state index is -0.408. The Balaban J connectivity index is 0.000000176. The number of carbonyl (C=O) groups excluding carboxylic acids is 1. The third-order valence-electron chi connectivity index (χ3n) is 6.59. The van der Waals surface area contributed by atoms with Crippen molar-refractivity contribution in [2.75, 3.05) is 6.61 Å². The van der Waals surface area contributed by atoms with Gasteiger partial charge in [-0.15, -0.1) is 30.0 Å². The molecule has 2 N–H and O–H groups in total. The summed E-state index contributed by atoms with van der Waals surface area (Å²) in [5, 5.41) is 37.6. The second-order valence-corrected chi connectivity index (χ2v) is 10.0. The molecule has 6 aromatic rings. The van der Waals surface area contributed by atoms with Gasteiger partial charge in [0, 0.05) is 12.0 Å². The molecule has 0 amide bonds. The number of rotatable bonds is 8. The molecule has 2 heterocycles. The predicted molar refractivity (Wildman–Crippen MR) is 165 cm³/mol. The van der Waals surface area contributed by atoms with Crippen LogP contribution in [0.5, 0.6) is 11.5 Å². The summed E-state index contributed by atoms with van der Waals surface area (Å²) in [6.07, 6.45) is 2.57. The van der Waals surface area contributed by atoms with Gasteiger partial charge in [0.1, 0.15) is 44.9 Å². The van der Waals surface area contributed by atoms with Gasteiger partial charge in [-0.2, -0.15) is 0 Å². The van der Waals surface area contributed by atoms with Crippen LogP contribution in [-0.2, 0) is 22.4 Å². The Morgan fingerprint density at radius 2 is 1.14 bits per heavy atom. The summed E-state index contributed by atoms with van der Waals surface area (Å²) in [4.78, 5) is 14.3. The van der Waals surface area contributed by atoms with E-state index in [0.717, 1.165) is 40.5 Å². The number of benzene rings is 4. The van der Waals surface area contributed by atoms with Crippen molar-refractivity contribution in [3.8, 4) is 22.9 Å². The van der Waals surface area contributed by atoms with E-state index in [9.17, 15) is 15.0 Å². The average Bonchev–Trinajstić information content (AvgIpc) is 3.64. The Morgan fingerprint density at radius 3 is 1.53 bits per heavy atom. The number of fused-ring (bicyclic) bond motifs is 2. The molecule has 4 aromatic carbocycles. The highest BCUT2D eigenvalue weighted by atomic mass is 16.5. The van der Waals surface area contributed by atoms with E-state index in [1.165, 1.54) is 15.2 Å². The van der Waals surface area contributed by atoms with Gasteiger partial charge >= 0.3 is 5.97 Å². The van der Waals surface area contributed by atoms with E-state index in [4.69, 9.17) is 4.74 Å². The van der Waals surface area contributed by atoms with Crippen molar-refractivity contribution in [3.63, 3.8) is 0 Å². The maximum absolute atomic E-state index is 11.4. The molecule has 0 fully saturated rings. The zero-order valence-corrected chi connectivity index (χ0v) is 24.0. The van der Waals surface area contributed by atoms with Crippen LogP contribution in [-0.4, -0.2) is 52.8 Å². The molecule has 6 rings (SSSR count). The fraction of sp³-hybridized carbons (Fsp3) is 0.182. The van der Waals surface area contributed by atoms with Gasteiger partial charge in [-0.3, -0.25) is 0 Å². The van der Waals surface area contributed by atoms with E-state index in [-0.39, 0.29) is 18.1 Å². The number of esters is 1. The lowest BCUT2D eigenvalue weighted by atomic mass is 10.1. The molecule has 0 aliphatic rings. The van der Waals surface area contributed by atoms with E-state index in [0.29, 0.717) is 23.4 Å². The molecular formula is C33H32N6O4. The van der Waals surface area contributed by atoms with Crippen molar-refractivity contribution < 1.29 is 19.7 Å². The highest BCUT2D eigenvalue weighted by Crippen LogP contribution is 2.25. The Kier molecular flexibility index (Phi) is 8.76. The highest BCUT2D eigenvalue weighted by molar-refractivity contribution is 5.86. The van der Waals surface area contributed by atoms with Crippen LogP contribution in [0.15, 0.2) is 97.1 Å². The molecule has 0 aliphatic carbocycles. The highest BCUT2D eigenvalue weighted by Gasteiger charge is 2.11. The third-order valence-corrected chi connectivity index (χ3v) is 6.59. The van der Waals surface area contributed by atoms with Gasteiger partial charge in [0.25, 0.3) is 0 Å². The zero-order valence-electron chi connectivity index (χ0n) is 24.0. The molecule has 10 nitrogen and oxygen atoms in total. The zero-order chi connectivity index (χ0) is 30.3. The van der Waals surface area contributed by atoms with Crippen molar-refractivity contribution in [1.29, 1.82) is 0 Å². The van der Waals surface area contributed by atoms with Crippen molar-refractivity contribution in [3.05, 3.63) is 108 Å². The number of hydrogen-bond donors (Lipinski definition) is 2. The lowest BCUT2D eigenvalue weighted by molar-refractivity contribution is -0.138. The summed E-state index contributed by atoms with van der Waals surface area (Å²) < 4.78 is 5.09. The fourth-order valence-corrected chi connectivity index (χ4v) is 4.38. The molecule has 0 radical (unpaired) electrons. The average molecular weight is 577 g/mol. The van der Waals surface area contributed by atoms with Crippen LogP contribution in [0.4, 0.5) is 0 Å². The van der Waals surface area contributed by atoms with Crippen LogP contribution in [0, 0.1) is 0 Å². The molecule has 0 saturated heterocycles. The molecule has 10 heteroatoms. The molecule has 218 valence electrons. The van der Waals surface area contributed by atoms with Crippen molar-refractivity contribution >= 4 is 28.0 Å². The van der Waals surface area contributed by atoms with Crippen LogP contribution in [0.25, 0.3) is 33.4 Å². The predicted octanol–water partition coefficient (Wildman–Crippen LogP) is 5.87. The second kappa shape index (κ2) is 13.0. The Labute approximate surface area is 248 Å². The minimum Gasteiger partial charge on any atom is -0.506 e. The summed E-state index contributed by atoms with van der Waals surface area (Å²) in [5.41, 5.74) is 6.70. The number of nitrogens with zero attached hydrogens (tertiary/aromatic N) is 6. The summed E-state index contributed by atoms with van der Waals surface area (Å²) in [5.74, 6) is -0.132. The van der Waals surface area contributed by atoms with Gasteiger partial charge < -0.3 is 14.9 Å². The third kappa shape index (κ3) is 6.87. The Morgan fingerprint density at radius 1 is 0.721 bits per heavy atom. The molecule has 0 aliphatic heterocycles. The SMILES string of the molecule is C=C(C)C(=O)OCCc1ccc(O)c(-n2nc3ccccc3n2)c1.CCCc1ccc(O)c(-n2nc3ccccc3n2)c1. The van der Waals surface area contributed by atoms with Gasteiger partial charge in [0.2, 0.25) is 0 Å². The summed E-state index contributed by atoms with van der Waals surface area (Å²) in [7, 11) is 0. The normalized spacial score (nSPS) is 10.8. The minimum absolute atomic E-state index is 0.0815. The number of aromatic hydroxyl groups is 2. The largest absolute Gasteiger partial charge is 0.506 e. The first kappa shape index (κ1) is 29.0. The number of phenols is 2. The Bertz CT molecular complexity index is 1840. The molecular weight excluding hydrogens is 544 g/mol. The van der Waals surface area contributed by atoms with Gasteiger partial charge in [-0.05, 0) is 73.0 Å². The molecule has 0 spiro atoms. The van der Waals surface area contributed by atoms with Crippen molar-refractivity contribution in [2.45, 2.75) is 33.1 Å². The van der Waals surface area contributed by atoms with Gasteiger partial charge in [-0.25, -0.2) is 4.79 Å². The smallest absolute Gasteiger partial charge is 0.333 e.